The molecule has 0 saturated heterocycles. The Bertz CT molecular complexity index is 918. The van der Waals surface area contributed by atoms with Crippen molar-refractivity contribution >= 4 is 10.8 Å². The highest BCUT2D eigenvalue weighted by Crippen LogP contribution is 2.38. The van der Waals surface area contributed by atoms with Crippen molar-refractivity contribution < 1.29 is 14.6 Å². The third-order valence-corrected chi connectivity index (χ3v) is 3.88. The van der Waals surface area contributed by atoms with Crippen molar-refractivity contribution in [2.45, 2.75) is 0 Å². The highest BCUT2D eigenvalue weighted by Gasteiger charge is 2.12. The van der Waals surface area contributed by atoms with Crippen molar-refractivity contribution in [2.24, 2.45) is 0 Å². The largest absolute Gasteiger partial charge is 0.493 e. The van der Waals surface area contributed by atoms with Crippen LogP contribution in [0.4, 0.5) is 0 Å². The lowest BCUT2D eigenvalue weighted by molar-refractivity contribution is 0.350. The van der Waals surface area contributed by atoms with Crippen LogP contribution >= 0.6 is 0 Å². The van der Waals surface area contributed by atoms with E-state index in [4.69, 9.17) is 14.6 Å². The fourth-order valence-electron chi connectivity index (χ4n) is 2.79. The summed E-state index contributed by atoms with van der Waals surface area (Å²) in [6.45, 7) is -0.179. The van der Waals surface area contributed by atoms with Crippen molar-refractivity contribution in [1.82, 2.24) is 0 Å². The number of aliphatic hydroxyl groups is 1. The predicted octanol–water partition coefficient (Wildman–Crippen LogP) is 3.87. The summed E-state index contributed by atoms with van der Waals surface area (Å²) in [6, 6.07) is 18.1. The van der Waals surface area contributed by atoms with E-state index >= 15 is 0 Å². The Morgan fingerprint density at radius 2 is 1.75 bits per heavy atom. The third kappa shape index (κ3) is 2.92. The van der Waals surface area contributed by atoms with E-state index in [2.05, 4.69) is 17.9 Å². The van der Waals surface area contributed by atoms with Crippen LogP contribution in [0.1, 0.15) is 5.56 Å². The SMILES string of the molecule is COc1ccc2cc(-c3ccccc3)c(C#CCO)cc2c1OC. The fraction of sp³-hybridized carbons (Fsp3) is 0.143. The minimum atomic E-state index is -0.179. The zero-order valence-electron chi connectivity index (χ0n) is 13.7. The van der Waals surface area contributed by atoms with Gasteiger partial charge in [-0.3, -0.25) is 0 Å². The van der Waals surface area contributed by atoms with Crippen molar-refractivity contribution in [1.29, 1.82) is 0 Å². The number of ether oxygens (including phenoxy) is 2. The average molecular weight is 318 g/mol. The molecular weight excluding hydrogens is 300 g/mol. The zero-order valence-corrected chi connectivity index (χ0v) is 13.7. The van der Waals surface area contributed by atoms with E-state index in [1.54, 1.807) is 14.2 Å². The van der Waals surface area contributed by atoms with Crippen LogP contribution < -0.4 is 9.47 Å². The first-order valence-electron chi connectivity index (χ1n) is 7.62. The number of methoxy groups -OCH3 is 2. The molecule has 0 amide bonds. The summed E-state index contributed by atoms with van der Waals surface area (Å²) < 4.78 is 10.9. The van der Waals surface area contributed by atoms with Crippen molar-refractivity contribution in [3.63, 3.8) is 0 Å². The molecule has 0 aliphatic rings. The first kappa shape index (κ1) is 15.9. The maximum atomic E-state index is 9.07. The summed E-state index contributed by atoms with van der Waals surface area (Å²) in [4.78, 5) is 0. The molecule has 0 heterocycles. The molecular formula is C21H18O3. The van der Waals surface area contributed by atoms with Crippen LogP contribution in [0.3, 0.4) is 0 Å². The van der Waals surface area contributed by atoms with Gasteiger partial charge in [0.05, 0.1) is 14.2 Å². The molecule has 0 saturated carbocycles. The molecule has 0 bridgehead atoms. The van der Waals surface area contributed by atoms with Gasteiger partial charge in [0.1, 0.15) is 6.61 Å². The summed E-state index contributed by atoms with van der Waals surface area (Å²) in [7, 11) is 3.25. The van der Waals surface area contributed by atoms with Crippen LogP contribution in [-0.2, 0) is 0 Å². The normalized spacial score (nSPS) is 10.1. The monoisotopic (exact) mass is 318 g/mol. The predicted molar refractivity (Wildman–Crippen MR) is 96.5 cm³/mol. The summed E-state index contributed by atoms with van der Waals surface area (Å²) >= 11 is 0. The average Bonchev–Trinajstić information content (AvgIpc) is 2.65. The second-order valence-electron chi connectivity index (χ2n) is 5.25. The van der Waals surface area contributed by atoms with Crippen LogP contribution in [0.2, 0.25) is 0 Å². The topological polar surface area (TPSA) is 38.7 Å². The summed E-state index contributed by atoms with van der Waals surface area (Å²) in [5, 5.41) is 11.0. The third-order valence-electron chi connectivity index (χ3n) is 3.88. The minimum absolute atomic E-state index is 0.179. The van der Waals surface area contributed by atoms with Gasteiger partial charge in [0.15, 0.2) is 11.5 Å². The molecule has 120 valence electrons. The standard InChI is InChI=1S/C21H18O3/c1-23-20-11-10-17-13-18(15-7-4-3-5-8-15)16(9-6-12-22)14-19(17)21(20)24-2/h3-5,7-8,10-11,13-14,22H,12H2,1-2H3. The molecule has 0 aliphatic heterocycles. The van der Waals surface area contributed by atoms with E-state index < -0.39 is 0 Å². The van der Waals surface area contributed by atoms with Gasteiger partial charge in [-0.15, -0.1) is 0 Å². The highest BCUT2D eigenvalue weighted by molar-refractivity contribution is 5.96. The van der Waals surface area contributed by atoms with Gasteiger partial charge in [-0.25, -0.2) is 0 Å². The molecule has 0 unspecified atom stereocenters. The van der Waals surface area contributed by atoms with Gasteiger partial charge in [-0.2, -0.15) is 0 Å². The molecule has 3 aromatic carbocycles. The number of hydrogen-bond acceptors (Lipinski definition) is 3. The molecule has 3 nitrogen and oxygen atoms in total. The second kappa shape index (κ2) is 7.08. The first-order valence-corrected chi connectivity index (χ1v) is 7.62. The molecule has 0 fully saturated rings. The lowest BCUT2D eigenvalue weighted by Crippen LogP contribution is -1.93. The van der Waals surface area contributed by atoms with Crippen LogP contribution in [0.15, 0.2) is 54.6 Å². The summed E-state index contributed by atoms with van der Waals surface area (Å²) in [6.07, 6.45) is 0. The molecule has 0 atom stereocenters. The number of hydrogen-bond donors (Lipinski definition) is 1. The number of aliphatic hydroxyl groups excluding tert-OH is 1. The maximum absolute atomic E-state index is 9.07. The fourth-order valence-corrected chi connectivity index (χ4v) is 2.79. The van der Waals surface area contributed by atoms with Gasteiger partial charge in [0, 0.05) is 10.9 Å². The van der Waals surface area contributed by atoms with Crippen molar-refractivity contribution in [2.75, 3.05) is 20.8 Å². The van der Waals surface area contributed by atoms with Crippen molar-refractivity contribution in [3.05, 3.63) is 60.2 Å². The molecule has 24 heavy (non-hydrogen) atoms. The van der Waals surface area contributed by atoms with Crippen LogP contribution in [0.25, 0.3) is 21.9 Å². The Kier molecular flexibility index (Phi) is 4.69. The van der Waals surface area contributed by atoms with Gasteiger partial charge in [0.2, 0.25) is 0 Å². The smallest absolute Gasteiger partial charge is 0.168 e. The van der Waals surface area contributed by atoms with Gasteiger partial charge in [-0.1, -0.05) is 48.2 Å². The van der Waals surface area contributed by atoms with E-state index in [1.807, 2.05) is 48.5 Å². The molecule has 0 aromatic heterocycles. The molecule has 3 rings (SSSR count). The Balaban J connectivity index is 2.32. The summed E-state index contributed by atoms with van der Waals surface area (Å²) in [5.74, 6) is 7.15. The van der Waals surface area contributed by atoms with Crippen molar-refractivity contribution in [3.8, 4) is 34.5 Å². The van der Waals surface area contributed by atoms with E-state index in [0.29, 0.717) is 11.5 Å². The molecule has 3 heteroatoms. The summed E-state index contributed by atoms with van der Waals surface area (Å²) in [5.41, 5.74) is 2.95. The molecule has 0 spiro atoms. The molecule has 0 aliphatic carbocycles. The molecule has 1 N–H and O–H groups in total. The molecule has 3 aromatic rings. The molecule has 0 radical (unpaired) electrons. The number of rotatable bonds is 3. The second-order valence-corrected chi connectivity index (χ2v) is 5.25. The Labute approximate surface area is 141 Å². The van der Waals surface area contributed by atoms with Crippen LogP contribution in [0.5, 0.6) is 11.5 Å². The van der Waals surface area contributed by atoms with E-state index in [-0.39, 0.29) is 6.61 Å². The van der Waals surface area contributed by atoms with Crippen LogP contribution in [-0.4, -0.2) is 25.9 Å². The van der Waals surface area contributed by atoms with Gasteiger partial charge in [-0.05, 0) is 34.7 Å². The Hall–Kier alpha value is -2.96. The zero-order chi connectivity index (χ0) is 16.9. The van der Waals surface area contributed by atoms with Gasteiger partial charge < -0.3 is 14.6 Å². The number of benzene rings is 3. The Morgan fingerprint density at radius 1 is 0.958 bits per heavy atom. The van der Waals surface area contributed by atoms with Gasteiger partial charge >= 0.3 is 0 Å². The van der Waals surface area contributed by atoms with Gasteiger partial charge in [0.25, 0.3) is 0 Å². The maximum Gasteiger partial charge on any atom is 0.168 e. The first-order chi connectivity index (χ1) is 11.8. The highest BCUT2D eigenvalue weighted by atomic mass is 16.5. The quantitative estimate of drug-likeness (QED) is 0.745. The lowest BCUT2D eigenvalue weighted by Gasteiger charge is -2.13. The Morgan fingerprint density at radius 3 is 2.42 bits per heavy atom. The lowest BCUT2D eigenvalue weighted by atomic mass is 9.95. The van der Waals surface area contributed by atoms with Crippen LogP contribution in [0, 0.1) is 11.8 Å². The van der Waals surface area contributed by atoms with E-state index in [1.165, 1.54) is 0 Å². The minimum Gasteiger partial charge on any atom is -0.493 e. The van der Waals surface area contributed by atoms with E-state index in [9.17, 15) is 0 Å². The number of fused-ring (bicyclic) bond motifs is 1. The van der Waals surface area contributed by atoms with E-state index in [0.717, 1.165) is 27.5 Å².